The average Bonchev–Trinajstić information content (AvgIpc) is 2.36. The van der Waals surface area contributed by atoms with Crippen molar-refractivity contribution >= 4 is 28.0 Å². The minimum Gasteiger partial charge on any atom is -0.478 e. The van der Waals surface area contributed by atoms with Crippen molar-refractivity contribution < 1.29 is 14.3 Å². The highest BCUT2D eigenvalue weighted by Crippen LogP contribution is 2.23. The van der Waals surface area contributed by atoms with E-state index in [1.807, 2.05) is 19.9 Å². The van der Waals surface area contributed by atoms with Gasteiger partial charge in [-0.1, -0.05) is 6.07 Å². The summed E-state index contributed by atoms with van der Waals surface area (Å²) in [5, 5.41) is 9.81. The Balaban J connectivity index is 2.54. The van der Waals surface area contributed by atoms with Crippen molar-refractivity contribution in [1.82, 2.24) is 4.98 Å². The number of aryl methyl sites for hydroxylation is 3. The van der Waals surface area contributed by atoms with E-state index in [2.05, 4.69) is 4.98 Å². The Morgan fingerprint density at radius 2 is 1.90 bits per heavy atom. The van der Waals surface area contributed by atoms with Crippen LogP contribution in [-0.2, 0) is 0 Å². The second kappa shape index (κ2) is 4.41. The molecule has 1 N–H and O–H groups in total. The SMILES string of the molecule is Cc1cc(C)c2c(=O)c3cc(C(=O)O)c(C)nc3oc2c1. The number of fused-ring (bicyclic) bond motifs is 2. The van der Waals surface area contributed by atoms with E-state index in [1.54, 1.807) is 13.0 Å². The third kappa shape index (κ3) is 1.98. The van der Waals surface area contributed by atoms with Crippen LogP contribution in [0.3, 0.4) is 0 Å². The van der Waals surface area contributed by atoms with Gasteiger partial charge in [-0.2, -0.15) is 0 Å². The summed E-state index contributed by atoms with van der Waals surface area (Å²) in [6.07, 6.45) is 0. The first kappa shape index (κ1) is 13.3. The van der Waals surface area contributed by atoms with Gasteiger partial charge in [0, 0.05) is 0 Å². The van der Waals surface area contributed by atoms with Gasteiger partial charge in [-0.05, 0) is 44.0 Å². The molecule has 3 rings (SSSR count). The lowest BCUT2D eigenvalue weighted by atomic mass is 10.0. The summed E-state index contributed by atoms with van der Waals surface area (Å²) in [6, 6.07) is 5.01. The molecule has 1 aromatic carbocycles. The fourth-order valence-electron chi connectivity index (χ4n) is 2.58. The number of pyridine rings is 1. The van der Waals surface area contributed by atoms with E-state index in [9.17, 15) is 9.59 Å². The van der Waals surface area contributed by atoms with Gasteiger partial charge in [-0.3, -0.25) is 4.79 Å². The summed E-state index contributed by atoms with van der Waals surface area (Å²) >= 11 is 0. The van der Waals surface area contributed by atoms with Crippen LogP contribution < -0.4 is 5.43 Å². The molecule has 0 aliphatic heterocycles. The third-order valence-electron chi connectivity index (χ3n) is 3.53. The van der Waals surface area contributed by atoms with Gasteiger partial charge in [0.2, 0.25) is 11.1 Å². The van der Waals surface area contributed by atoms with Gasteiger partial charge in [-0.15, -0.1) is 0 Å². The molecule has 2 heterocycles. The number of hydrogen-bond acceptors (Lipinski definition) is 4. The molecule has 0 saturated heterocycles. The van der Waals surface area contributed by atoms with Crippen molar-refractivity contribution in [1.29, 1.82) is 0 Å². The van der Waals surface area contributed by atoms with Crippen molar-refractivity contribution in [2.45, 2.75) is 20.8 Å². The van der Waals surface area contributed by atoms with Crippen molar-refractivity contribution in [3.8, 4) is 0 Å². The molecule has 106 valence electrons. The molecule has 0 atom stereocenters. The van der Waals surface area contributed by atoms with Crippen LogP contribution in [-0.4, -0.2) is 16.1 Å². The zero-order chi connectivity index (χ0) is 15.3. The summed E-state index contributed by atoms with van der Waals surface area (Å²) < 4.78 is 5.70. The number of aromatic nitrogens is 1. The largest absolute Gasteiger partial charge is 0.478 e. The normalized spacial score (nSPS) is 11.2. The highest BCUT2D eigenvalue weighted by Gasteiger charge is 2.16. The molecule has 0 aliphatic carbocycles. The summed E-state index contributed by atoms with van der Waals surface area (Å²) in [5.74, 6) is -1.11. The van der Waals surface area contributed by atoms with E-state index in [4.69, 9.17) is 9.52 Å². The van der Waals surface area contributed by atoms with Crippen LogP contribution >= 0.6 is 0 Å². The van der Waals surface area contributed by atoms with Crippen molar-refractivity contribution in [2.75, 3.05) is 0 Å². The van der Waals surface area contributed by atoms with Crippen LogP contribution in [0, 0.1) is 20.8 Å². The van der Waals surface area contributed by atoms with Crippen LogP contribution in [0.2, 0.25) is 0 Å². The average molecular weight is 283 g/mol. The van der Waals surface area contributed by atoms with E-state index in [-0.39, 0.29) is 22.1 Å². The number of aromatic carboxylic acids is 1. The minimum absolute atomic E-state index is 0.0129. The Morgan fingerprint density at radius 1 is 1.19 bits per heavy atom. The van der Waals surface area contributed by atoms with Crippen LogP contribution in [0.25, 0.3) is 22.1 Å². The number of carboxylic acids is 1. The molecule has 5 nitrogen and oxygen atoms in total. The van der Waals surface area contributed by atoms with Crippen molar-refractivity contribution in [3.63, 3.8) is 0 Å². The van der Waals surface area contributed by atoms with Crippen LogP contribution in [0.1, 0.15) is 27.2 Å². The monoisotopic (exact) mass is 283 g/mol. The Kier molecular flexibility index (Phi) is 2.79. The Hall–Kier alpha value is -2.69. The van der Waals surface area contributed by atoms with Gasteiger partial charge in [0.1, 0.15) is 5.58 Å². The standard InChI is InChI=1S/C16H13NO4/c1-7-4-8(2)13-12(5-7)21-15-11(14(13)18)6-10(16(19)20)9(3)17-15/h4-6H,1-3H3,(H,19,20). The number of nitrogens with zero attached hydrogens (tertiary/aromatic N) is 1. The predicted molar refractivity (Wildman–Crippen MR) is 79.0 cm³/mol. The molecule has 0 aliphatic rings. The molecule has 0 saturated carbocycles. The van der Waals surface area contributed by atoms with Crippen molar-refractivity contribution in [2.24, 2.45) is 0 Å². The number of hydrogen-bond donors (Lipinski definition) is 1. The molecule has 0 unspecified atom stereocenters. The fourth-order valence-corrected chi connectivity index (χ4v) is 2.58. The number of carbonyl (C=O) groups is 1. The number of carboxylic acid groups (broad SMARTS) is 1. The van der Waals surface area contributed by atoms with Crippen molar-refractivity contribution in [3.05, 3.63) is 50.8 Å². The number of rotatable bonds is 1. The molecule has 0 radical (unpaired) electrons. The molecule has 0 bridgehead atoms. The van der Waals surface area contributed by atoms with Gasteiger partial charge in [-0.25, -0.2) is 9.78 Å². The maximum absolute atomic E-state index is 12.6. The van der Waals surface area contributed by atoms with Gasteiger partial charge < -0.3 is 9.52 Å². The third-order valence-corrected chi connectivity index (χ3v) is 3.53. The van der Waals surface area contributed by atoms with E-state index < -0.39 is 5.97 Å². The van der Waals surface area contributed by atoms with Crippen LogP contribution in [0.4, 0.5) is 0 Å². The summed E-state index contributed by atoms with van der Waals surface area (Å²) in [7, 11) is 0. The highest BCUT2D eigenvalue weighted by molar-refractivity contribution is 5.96. The molecule has 21 heavy (non-hydrogen) atoms. The van der Waals surface area contributed by atoms with E-state index in [1.165, 1.54) is 6.07 Å². The van der Waals surface area contributed by atoms with E-state index in [0.29, 0.717) is 16.7 Å². The molecule has 0 amide bonds. The van der Waals surface area contributed by atoms with E-state index >= 15 is 0 Å². The molecular weight excluding hydrogens is 270 g/mol. The number of benzene rings is 1. The Bertz CT molecular complexity index is 970. The summed E-state index contributed by atoms with van der Waals surface area (Å²) in [4.78, 5) is 27.9. The summed E-state index contributed by atoms with van der Waals surface area (Å²) in [6.45, 7) is 5.33. The van der Waals surface area contributed by atoms with Crippen LogP contribution in [0.15, 0.2) is 27.4 Å². The molecule has 2 aromatic heterocycles. The quantitative estimate of drug-likeness (QED) is 0.694. The summed E-state index contributed by atoms with van der Waals surface area (Å²) in [5.41, 5.74) is 2.51. The Labute approximate surface area is 119 Å². The second-order valence-electron chi connectivity index (χ2n) is 5.17. The first-order valence-electron chi connectivity index (χ1n) is 6.47. The first-order valence-corrected chi connectivity index (χ1v) is 6.47. The zero-order valence-electron chi connectivity index (χ0n) is 11.9. The van der Waals surface area contributed by atoms with Gasteiger partial charge in [0.05, 0.1) is 22.0 Å². The highest BCUT2D eigenvalue weighted by atomic mass is 16.4. The van der Waals surface area contributed by atoms with Gasteiger partial charge in [0.15, 0.2) is 0 Å². The molecule has 0 fully saturated rings. The lowest BCUT2D eigenvalue weighted by Gasteiger charge is -2.07. The maximum Gasteiger partial charge on any atom is 0.337 e. The molecule has 3 aromatic rings. The Morgan fingerprint density at radius 3 is 2.57 bits per heavy atom. The van der Waals surface area contributed by atoms with Gasteiger partial charge in [0.25, 0.3) is 0 Å². The molecular formula is C16H13NO4. The lowest BCUT2D eigenvalue weighted by Crippen LogP contribution is -2.09. The molecule has 0 spiro atoms. The van der Waals surface area contributed by atoms with E-state index in [0.717, 1.165) is 11.1 Å². The fraction of sp³-hybridized carbons (Fsp3) is 0.188. The zero-order valence-corrected chi connectivity index (χ0v) is 11.9. The smallest absolute Gasteiger partial charge is 0.337 e. The second-order valence-corrected chi connectivity index (χ2v) is 5.17. The lowest BCUT2D eigenvalue weighted by molar-refractivity contribution is 0.0696. The predicted octanol–water partition coefficient (Wildman–Crippen LogP) is 2.96. The first-order chi connectivity index (χ1) is 9.88. The minimum atomic E-state index is -1.11. The maximum atomic E-state index is 12.6. The van der Waals surface area contributed by atoms with Gasteiger partial charge >= 0.3 is 5.97 Å². The molecule has 5 heteroatoms. The topological polar surface area (TPSA) is 80.4 Å². The van der Waals surface area contributed by atoms with Crippen LogP contribution in [0.5, 0.6) is 0 Å².